The quantitative estimate of drug-likeness (QED) is 0.695. The fourth-order valence-corrected chi connectivity index (χ4v) is 2.63. The van der Waals surface area contributed by atoms with Crippen molar-refractivity contribution < 1.29 is 17.9 Å². The van der Waals surface area contributed by atoms with Crippen molar-refractivity contribution in [1.82, 2.24) is 9.78 Å². The zero-order valence-corrected chi connectivity index (χ0v) is 13.3. The summed E-state index contributed by atoms with van der Waals surface area (Å²) in [5, 5.41) is 4.43. The molecule has 1 rings (SSSR count). The number of nitrogens with zero attached hydrogens (tertiary/aromatic N) is 2. The van der Waals surface area contributed by atoms with E-state index in [1.54, 1.807) is 4.68 Å². The van der Waals surface area contributed by atoms with Crippen LogP contribution in [0.4, 0.5) is 0 Å². The minimum atomic E-state index is -3.04. The Bertz CT molecular complexity index is 575. The van der Waals surface area contributed by atoms with E-state index < -0.39 is 9.84 Å². The van der Waals surface area contributed by atoms with Crippen molar-refractivity contribution in [1.29, 1.82) is 0 Å². The molecule has 1 aromatic heterocycles. The van der Waals surface area contributed by atoms with E-state index in [0.717, 1.165) is 17.0 Å². The molecule has 0 spiro atoms. The van der Waals surface area contributed by atoms with Crippen LogP contribution in [0.5, 0.6) is 0 Å². The first-order valence-corrected chi connectivity index (χ1v) is 8.70. The van der Waals surface area contributed by atoms with Gasteiger partial charge >= 0.3 is 5.97 Å². The Balaban J connectivity index is 3.10. The Hall–Kier alpha value is -1.37. The van der Waals surface area contributed by atoms with Gasteiger partial charge in [0.15, 0.2) is 0 Å². The number of rotatable bonds is 7. The number of hydrogen-bond acceptors (Lipinski definition) is 5. The number of aromatic nitrogens is 2. The van der Waals surface area contributed by atoms with E-state index in [1.165, 1.54) is 13.4 Å². The van der Waals surface area contributed by atoms with Crippen molar-refractivity contribution in [2.24, 2.45) is 0 Å². The van der Waals surface area contributed by atoms with Crippen molar-refractivity contribution in [3.05, 3.63) is 17.0 Å². The van der Waals surface area contributed by atoms with Crippen molar-refractivity contribution in [2.45, 2.75) is 39.7 Å². The molecule has 0 aliphatic carbocycles. The summed E-state index contributed by atoms with van der Waals surface area (Å²) < 4.78 is 29.0. The molecular formula is C13H22N2O4S. The van der Waals surface area contributed by atoms with Crippen LogP contribution in [0.1, 0.15) is 30.8 Å². The first-order chi connectivity index (χ1) is 9.32. The van der Waals surface area contributed by atoms with Gasteiger partial charge in [-0.05, 0) is 12.8 Å². The van der Waals surface area contributed by atoms with E-state index in [4.69, 9.17) is 4.74 Å². The molecule has 0 N–H and O–H groups in total. The molecule has 0 aliphatic rings. The summed E-state index contributed by atoms with van der Waals surface area (Å²) >= 11 is 0. The molecule has 0 aromatic carbocycles. The Labute approximate surface area is 120 Å². The molecule has 114 valence electrons. The maximum Gasteiger partial charge on any atom is 0.310 e. The van der Waals surface area contributed by atoms with Crippen molar-refractivity contribution in [3.63, 3.8) is 0 Å². The minimum absolute atomic E-state index is 0.0441. The Kier molecular flexibility index (Phi) is 5.74. The monoisotopic (exact) mass is 302 g/mol. The van der Waals surface area contributed by atoms with Gasteiger partial charge in [-0.25, -0.2) is 8.42 Å². The summed E-state index contributed by atoms with van der Waals surface area (Å²) in [6.07, 6.45) is 2.79. The van der Waals surface area contributed by atoms with Crippen LogP contribution in [0.3, 0.4) is 0 Å². The van der Waals surface area contributed by atoms with Crippen LogP contribution in [-0.4, -0.2) is 43.3 Å². The Morgan fingerprint density at radius 1 is 1.30 bits per heavy atom. The smallest absolute Gasteiger partial charge is 0.310 e. The van der Waals surface area contributed by atoms with Gasteiger partial charge in [0, 0.05) is 17.5 Å². The van der Waals surface area contributed by atoms with Gasteiger partial charge in [-0.2, -0.15) is 5.10 Å². The van der Waals surface area contributed by atoms with E-state index in [9.17, 15) is 13.2 Å². The average Bonchev–Trinajstić information content (AvgIpc) is 2.72. The molecule has 0 amide bonds. The number of sulfone groups is 1. The number of aryl methyl sites for hydroxylation is 2. The molecule has 0 unspecified atom stereocenters. The summed E-state index contributed by atoms with van der Waals surface area (Å²) in [4.78, 5) is 11.5. The van der Waals surface area contributed by atoms with Crippen LogP contribution in [0.2, 0.25) is 0 Å². The predicted molar refractivity (Wildman–Crippen MR) is 76.4 cm³/mol. The Morgan fingerprint density at radius 3 is 2.40 bits per heavy atom. The number of ether oxygens (including phenoxy) is 1. The summed E-state index contributed by atoms with van der Waals surface area (Å²) in [5.41, 5.74) is 2.62. The summed E-state index contributed by atoms with van der Waals surface area (Å²) in [5.74, 6) is -0.264. The molecule has 0 bridgehead atoms. The van der Waals surface area contributed by atoms with Gasteiger partial charge in [0.2, 0.25) is 0 Å². The highest BCUT2D eigenvalue weighted by Gasteiger charge is 2.19. The van der Waals surface area contributed by atoms with Gasteiger partial charge in [0.1, 0.15) is 9.84 Å². The molecule has 1 heterocycles. The van der Waals surface area contributed by atoms with Crippen molar-refractivity contribution >= 4 is 15.8 Å². The van der Waals surface area contributed by atoms with Crippen molar-refractivity contribution in [2.75, 3.05) is 19.1 Å². The standard InChI is InChI=1S/C13H22N2O4S/c1-5-11-10(9-13(16)19-3)12(6-2)15(14-11)7-8-20(4,17)18/h5-9H2,1-4H3. The number of methoxy groups -OCH3 is 1. The second-order valence-corrected chi connectivity index (χ2v) is 6.94. The molecule has 1 aromatic rings. The highest BCUT2D eigenvalue weighted by Crippen LogP contribution is 2.17. The van der Waals surface area contributed by atoms with Gasteiger partial charge in [0.25, 0.3) is 0 Å². The van der Waals surface area contributed by atoms with E-state index in [-0.39, 0.29) is 18.1 Å². The maximum absolute atomic E-state index is 11.5. The molecule has 0 aliphatic heterocycles. The first kappa shape index (κ1) is 16.7. The lowest BCUT2D eigenvalue weighted by molar-refractivity contribution is -0.139. The summed E-state index contributed by atoms with van der Waals surface area (Å²) in [6.45, 7) is 4.24. The SMILES string of the molecule is CCc1nn(CCS(C)(=O)=O)c(CC)c1CC(=O)OC. The van der Waals surface area contributed by atoms with Crippen LogP contribution in [0.15, 0.2) is 0 Å². The Morgan fingerprint density at radius 2 is 1.95 bits per heavy atom. The second kappa shape index (κ2) is 6.88. The lowest BCUT2D eigenvalue weighted by atomic mass is 10.1. The summed E-state index contributed by atoms with van der Waals surface area (Å²) in [7, 11) is -1.68. The number of esters is 1. The average molecular weight is 302 g/mol. The van der Waals surface area contributed by atoms with Gasteiger partial charge in [-0.1, -0.05) is 13.8 Å². The molecule has 0 radical (unpaired) electrons. The van der Waals surface area contributed by atoms with Gasteiger partial charge in [-0.3, -0.25) is 9.48 Å². The molecule has 20 heavy (non-hydrogen) atoms. The third-order valence-electron chi connectivity index (χ3n) is 3.14. The first-order valence-electron chi connectivity index (χ1n) is 6.64. The highest BCUT2D eigenvalue weighted by molar-refractivity contribution is 7.90. The number of carbonyl (C=O) groups is 1. The van der Waals surface area contributed by atoms with Gasteiger partial charge < -0.3 is 4.74 Å². The third kappa shape index (κ3) is 4.33. The third-order valence-corrected chi connectivity index (χ3v) is 4.07. The molecule has 0 saturated carbocycles. The van der Waals surface area contributed by atoms with E-state index >= 15 is 0 Å². The minimum Gasteiger partial charge on any atom is -0.469 e. The van der Waals surface area contributed by atoms with Crippen LogP contribution < -0.4 is 0 Å². The topological polar surface area (TPSA) is 78.3 Å². The van der Waals surface area contributed by atoms with E-state index in [2.05, 4.69) is 5.10 Å². The van der Waals surface area contributed by atoms with Crippen molar-refractivity contribution in [3.8, 4) is 0 Å². The molecule has 0 saturated heterocycles. The van der Waals surface area contributed by atoms with E-state index in [1.807, 2.05) is 13.8 Å². The molecule has 6 nitrogen and oxygen atoms in total. The fraction of sp³-hybridized carbons (Fsp3) is 0.692. The molecule has 0 atom stereocenters. The number of hydrogen-bond donors (Lipinski definition) is 0. The maximum atomic E-state index is 11.5. The molecular weight excluding hydrogens is 280 g/mol. The fourth-order valence-electron chi connectivity index (χ4n) is 2.13. The highest BCUT2D eigenvalue weighted by atomic mass is 32.2. The largest absolute Gasteiger partial charge is 0.469 e. The molecule has 0 fully saturated rings. The summed E-state index contributed by atoms with van der Waals surface area (Å²) in [6, 6.07) is 0. The second-order valence-electron chi connectivity index (χ2n) is 4.68. The predicted octanol–water partition coefficient (Wildman–Crippen LogP) is 0.768. The van der Waals surface area contributed by atoms with Crippen LogP contribution in [-0.2, 0) is 45.2 Å². The lowest BCUT2D eigenvalue weighted by Gasteiger charge is -2.07. The molecule has 7 heteroatoms. The normalized spacial score (nSPS) is 11.6. The zero-order valence-electron chi connectivity index (χ0n) is 12.5. The van der Waals surface area contributed by atoms with Crippen LogP contribution >= 0.6 is 0 Å². The van der Waals surface area contributed by atoms with Gasteiger partial charge in [0.05, 0.1) is 31.5 Å². The zero-order chi connectivity index (χ0) is 15.3. The van der Waals surface area contributed by atoms with E-state index in [0.29, 0.717) is 19.4 Å². The van der Waals surface area contributed by atoms with Crippen LogP contribution in [0.25, 0.3) is 0 Å². The van der Waals surface area contributed by atoms with Gasteiger partial charge in [-0.15, -0.1) is 0 Å². The van der Waals surface area contributed by atoms with Crippen LogP contribution in [0, 0.1) is 0 Å². The number of carbonyl (C=O) groups excluding carboxylic acids is 1. The lowest BCUT2D eigenvalue weighted by Crippen LogP contribution is -2.15.